The van der Waals surface area contributed by atoms with E-state index in [1.807, 2.05) is 24.3 Å². The maximum atomic E-state index is 12.5. The topological polar surface area (TPSA) is 109 Å². The molecule has 10 heteroatoms. The summed E-state index contributed by atoms with van der Waals surface area (Å²) in [5.41, 5.74) is 2.94. The Morgan fingerprint density at radius 1 is 1.17 bits per heavy atom. The van der Waals surface area contributed by atoms with Crippen LogP contribution in [-0.4, -0.2) is 89.7 Å². The zero-order valence-corrected chi connectivity index (χ0v) is 24.1. The zero-order chi connectivity index (χ0) is 29.2. The van der Waals surface area contributed by atoms with Crippen LogP contribution in [0.1, 0.15) is 24.1 Å². The van der Waals surface area contributed by atoms with E-state index in [1.54, 1.807) is 11.0 Å². The predicted octanol–water partition coefficient (Wildman–Crippen LogP) is 3.35. The first kappa shape index (κ1) is 27.8. The van der Waals surface area contributed by atoms with Crippen LogP contribution in [0, 0.1) is 17.2 Å². The van der Waals surface area contributed by atoms with Crippen molar-refractivity contribution in [2.24, 2.45) is 5.92 Å². The first-order valence-corrected chi connectivity index (χ1v) is 14.7. The number of phenols is 1. The number of likely N-dealkylation sites (tertiary alicyclic amines) is 1. The number of benzene rings is 2. The van der Waals surface area contributed by atoms with Gasteiger partial charge >= 0.3 is 6.01 Å². The number of piperazine rings is 1. The van der Waals surface area contributed by atoms with Crippen molar-refractivity contribution in [1.29, 1.82) is 5.26 Å². The van der Waals surface area contributed by atoms with Gasteiger partial charge in [-0.25, -0.2) is 0 Å². The van der Waals surface area contributed by atoms with E-state index in [1.165, 1.54) is 6.08 Å². The van der Waals surface area contributed by atoms with Gasteiger partial charge in [0.1, 0.15) is 11.6 Å². The summed E-state index contributed by atoms with van der Waals surface area (Å²) in [4.78, 5) is 30.9. The zero-order valence-electron chi connectivity index (χ0n) is 24.1. The van der Waals surface area contributed by atoms with E-state index < -0.39 is 0 Å². The Kier molecular flexibility index (Phi) is 7.85. The van der Waals surface area contributed by atoms with Gasteiger partial charge in [-0.15, -0.1) is 0 Å². The number of ether oxygens (including phenoxy) is 1. The maximum Gasteiger partial charge on any atom is 0.318 e. The molecule has 1 amide bonds. The van der Waals surface area contributed by atoms with Gasteiger partial charge in [-0.3, -0.25) is 4.79 Å². The van der Waals surface area contributed by atoms with Crippen LogP contribution in [0.4, 0.5) is 11.5 Å². The highest BCUT2D eigenvalue weighted by Gasteiger charge is 2.33. The van der Waals surface area contributed by atoms with Crippen molar-refractivity contribution in [3.05, 3.63) is 60.3 Å². The number of anilines is 2. The molecule has 0 bridgehead atoms. The van der Waals surface area contributed by atoms with Crippen LogP contribution < -0.4 is 14.5 Å². The highest BCUT2D eigenvalue weighted by Crippen LogP contribution is 2.37. The molecule has 0 aliphatic carbocycles. The van der Waals surface area contributed by atoms with Gasteiger partial charge in [-0.05, 0) is 44.0 Å². The minimum atomic E-state index is -0.253. The molecular weight excluding hydrogens is 530 g/mol. The van der Waals surface area contributed by atoms with E-state index in [4.69, 9.17) is 14.7 Å². The van der Waals surface area contributed by atoms with Gasteiger partial charge in [0, 0.05) is 61.3 Å². The Balaban J connectivity index is 1.33. The molecule has 6 rings (SSSR count). The molecule has 0 radical (unpaired) electrons. The van der Waals surface area contributed by atoms with E-state index in [2.05, 4.69) is 40.5 Å². The lowest BCUT2D eigenvalue weighted by Crippen LogP contribution is -2.55. The van der Waals surface area contributed by atoms with Gasteiger partial charge in [-0.1, -0.05) is 30.8 Å². The second-order valence-corrected chi connectivity index (χ2v) is 11.5. The molecule has 218 valence electrons. The molecule has 0 saturated carbocycles. The molecule has 4 heterocycles. The van der Waals surface area contributed by atoms with Crippen molar-refractivity contribution >= 4 is 28.2 Å². The third kappa shape index (κ3) is 5.57. The smallest absolute Gasteiger partial charge is 0.318 e. The fourth-order valence-electron chi connectivity index (χ4n) is 6.55. The second kappa shape index (κ2) is 11.9. The second-order valence-electron chi connectivity index (χ2n) is 11.5. The fraction of sp³-hybridized carbons (Fsp3) is 0.438. The van der Waals surface area contributed by atoms with Crippen LogP contribution in [0.25, 0.3) is 10.8 Å². The van der Waals surface area contributed by atoms with Gasteiger partial charge in [0.15, 0.2) is 0 Å². The Bertz CT molecular complexity index is 1540. The van der Waals surface area contributed by atoms with Crippen LogP contribution in [-0.2, 0) is 17.8 Å². The molecule has 2 saturated heterocycles. The quantitative estimate of drug-likeness (QED) is 0.430. The normalized spacial score (nSPS) is 20.8. The average Bonchev–Trinajstić information content (AvgIpc) is 3.43. The number of aromatic hydroxyl groups is 1. The lowest BCUT2D eigenvalue weighted by molar-refractivity contribution is -0.128. The van der Waals surface area contributed by atoms with E-state index >= 15 is 0 Å². The molecule has 2 aromatic carbocycles. The van der Waals surface area contributed by atoms with E-state index in [9.17, 15) is 15.2 Å². The predicted molar refractivity (Wildman–Crippen MR) is 162 cm³/mol. The maximum absolute atomic E-state index is 12.5. The summed E-state index contributed by atoms with van der Waals surface area (Å²) in [6, 6.07) is 14.1. The molecule has 1 unspecified atom stereocenters. The van der Waals surface area contributed by atoms with Crippen molar-refractivity contribution in [2.45, 2.75) is 31.8 Å². The first-order chi connectivity index (χ1) is 20.4. The highest BCUT2D eigenvalue weighted by molar-refractivity contribution is 5.95. The number of carbonyl (C=O) groups excluding carboxylic acids is 1. The number of aromatic nitrogens is 2. The molecule has 3 aromatic rings. The number of hydrogen-bond acceptors (Lipinski definition) is 9. The summed E-state index contributed by atoms with van der Waals surface area (Å²) >= 11 is 0. The molecule has 3 aliphatic rings. The van der Waals surface area contributed by atoms with Crippen LogP contribution in [0.15, 0.2) is 49.1 Å². The Morgan fingerprint density at radius 2 is 2.02 bits per heavy atom. The summed E-state index contributed by atoms with van der Waals surface area (Å²) in [5, 5.41) is 22.1. The molecule has 2 atom stereocenters. The summed E-state index contributed by atoms with van der Waals surface area (Å²) in [5.74, 6) is 1.34. The standard InChI is InChI=1S/C32H37N7O3/c1-3-30(41)39-15-14-38(19-24(39)8-11-33)31-27-10-13-37(29-17-25(40)16-23-6-4-5-7-26(23)29)20-28(27)34-32(35-31)42-21-22-9-12-36(2)18-22/h3-7,16-17,22,24,40H,1,8-10,12-15,18-21H2,2H3/t22-,24?/m1/s1. The van der Waals surface area contributed by atoms with Crippen LogP contribution >= 0.6 is 0 Å². The molecule has 3 aliphatic heterocycles. The van der Waals surface area contributed by atoms with Crippen molar-refractivity contribution < 1.29 is 14.6 Å². The number of nitriles is 1. The van der Waals surface area contributed by atoms with Crippen LogP contribution in [0.2, 0.25) is 0 Å². The SMILES string of the molecule is C=CC(=O)N1CCN(c2nc(OC[C@@H]3CCN(C)C3)nc3c2CCN(c2cc(O)cc4ccccc24)C3)CC1CC#N. The Morgan fingerprint density at radius 3 is 2.81 bits per heavy atom. The average molecular weight is 568 g/mol. The summed E-state index contributed by atoms with van der Waals surface area (Å²) in [6.45, 7) is 9.13. The van der Waals surface area contributed by atoms with Crippen molar-refractivity contribution in [3.8, 4) is 17.8 Å². The van der Waals surface area contributed by atoms with Gasteiger partial charge in [0.05, 0.1) is 37.4 Å². The number of amides is 1. The fourth-order valence-corrected chi connectivity index (χ4v) is 6.55. The number of rotatable bonds is 7. The summed E-state index contributed by atoms with van der Waals surface area (Å²) in [6.07, 6.45) is 3.36. The van der Waals surface area contributed by atoms with Gasteiger partial charge < -0.3 is 29.4 Å². The minimum absolute atomic E-state index is 0.154. The van der Waals surface area contributed by atoms with Crippen molar-refractivity contribution in [2.75, 3.05) is 62.7 Å². The molecule has 1 N–H and O–H groups in total. The number of carbonyl (C=O) groups is 1. The van der Waals surface area contributed by atoms with Crippen LogP contribution in [0.5, 0.6) is 11.8 Å². The molecule has 2 fully saturated rings. The number of nitrogens with zero attached hydrogens (tertiary/aromatic N) is 7. The van der Waals surface area contributed by atoms with Gasteiger partial charge in [0.25, 0.3) is 0 Å². The summed E-state index contributed by atoms with van der Waals surface area (Å²) < 4.78 is 6.25. The molecule has 42 heavy (non-hydrogen) atoms. The molecule has 10 nitrogen and oxygen atoms in total. The minimum Gasteiger partial charge on any atom is -0.508 e. The lowest BCUT2D eigenvalue weighted by atomic mass is 10.0. The Hall–Kier alpha value is -4.36. The molecular formula is C32H37N7O3. The first-order valence-electron chi connectivity index (χ1n) is 14.7. The van der Waals surface area contributed by atoms with Gasteiger partial charge in [0.2, 0.25) is 5.91 Å². The summed E-state index contributed by atoms with van der Waals surface area (Å²) in [7, 11) is 2.13. The van der Waals surface area contributed by atoms with Crippen molar-refractivity contribution in [1.82, 2.24) is 19.8 Å². The van der Waals surface area contributed by atoms with E-state index in [0.29, 0.717) is 44.7 Å². The van der Waals surface area contributed by atoms with Crippen LogP contribution in [0.3, 0.4) is 0 Å². The van der Waals surface area contributed by atoms with Gasteiger partial charge in [-0.2, -0.15) is 15.2 Å². The monoisotopic (exact) mass is 567 g/mol. The molecule has 0 spiro atoms. The molecule has 1 aromatic heterocycles. The third-order valence-corrected chi connectivity index (χ3v) is 8.69. The number of phenolic OH excluding ortho intramolecular Hbond substituents is 1. The third-order valence-electron chi connectivity index (χ3n) is 8.69. The Labute approximate surface area is 246 Å². The van der Waals surface area contributed by atoms with Crippen molar-refractivity contribution in [3.63, 3.8) is 0 Å². The number of hydrogen-bond donors (Lipinski definition) is 1. The van der Waals surface area contributed by atoms with E-state index in [-0.39, 0.29) is 24.1 Å². The number of fused-ring (bicyclic) bond motifs is 2. The van der Waals surface area contributed by atoms with E-state index in [0.717, 1.165) is 66.0 Å². The lowest BCUT2D eigenvalue weighted by Gasteiger charge is -2.42. The largest absolute Gasteiger partial charge is 0.508 e. The highest BCUT2D eigenvalue weighted by atomic mass is 16.5.